The van der Waals surface area contributed by atoms with Crippen LogP contribution < -0.4 is 11.1 Å². The summed E-state index contributed by atoms with van der Waals surface area (Å²) in [6, 6.07) is -0.763. The van der Waals surface area contributed by atoms with E-state index in [0.29, 0.717) is 0 Å². The molecule has 0 fully saturated rings. The molecule has 2 amide bonds. The standard InChI is InChI=1S/C5H5N3O3S/c6-4(11)8-5-7-2(1-12-5)3(9)10/h1H,(H,9,10)(H3,6,7,8,11). The number of carboxylic acid groups (broad SMARTS) is 1. The molecule has 64 valence electrons. The number of carboxylic acids is 1. The van der Waals surface area contributed by atoms with Gasteiger partial charge in [0.2, 0.25) is 0 Å². The van der Waals surface area contributed by atoms with Crippen molar-refractivity contribution >= 4 is 28.5 Å². The molecule has 1 aromatic rings. The molecular weight excluding hydrogens is 182 g/mol. The number of amides is 2. The first-order valence-electron chi connectivity index (χ1n) is 2.85. The van der Waals surface area contributed by atoms with E-state index in [-0.39, 0.29) is 10.8 Å². The third-order valence-electron chi connectivity index (χ3n) is 0.953. The number of anilines is 1. The first kappa shape index (κ1) is 8.47. The number of aromatic nitrogens is 1. The molecule has 0 radical (unpaired) electrons. The molecule has 7 heteroatoms. The second-order valence-electron chi connectivity index (χ2n) is 1.83. The third kappa shape index (κ3) is 1.92. The fourth-order valence-corrected chi connectivity index (χ4v) is 1.22. The lowest BCUT2D eigenvalue weighted by Crippen LogP contribution is -2.19. The van der Waals surface area contributed by atoms with Crippen molar-refractivity contribution in [1.82, 2.24) is 4.98 Å². The monoisotopic (exact) mass is 187 g/mol. The van der Waals surface area contributed by atoms with Crippen molar-refractivity contribution in [3.63, 3.8) is 0 Å². The van der Waals surface area contributed by atoms with E-state index in [0.717, 1.165) is 11.3 Å². The number of carbonyl (C=O) groups excluding carboxylic acids is 1. The number of aromatic carboxylic acids is 1. The van der Waals surface area contributed by atoms with Crippen molar-refractivity contribution in [2.75, 3.05) is 5.32 Å². The SMILES string of the molecule is NC(=O)Nc1nc(C(=O)O)cs1. The van der Waals surface area contributed by atoms with E-state index in [1.54, 1.807) is 0 Å². The zero-order valence-corrected chi connectivity index (χ0v) is 6.59. The maximum Gasteiger partial charge on any atom is 0.355 e. The number of nitrogens with two attached hydrogens (primary N) is 1. The quantitative estimate of drug-likeness (QED) is 0.620. The first-order chi connectivity index (χ1) is 5.59. The molecule has 0 unspecified atom stereocenters. The summed E-state index contributed by atoms with van der Waals surface area (Å²) in [7, 11) is 0. The van der Waals surface area contributed by atoms with Crippen LogP contribution in [0.4, 0.5) is 9.93 Å². The van der Waals surface area contributed by atoms with Gasteiger partial charge in [0.25, 0.3) is 0 Å². The molecule has 1 heterocycles. The minimum atomic E-state index is -1.14. The molecule has 0 aliphatic rings. The zero-order chi connectivity index (χ0) is 9.14. The largest absolute Gasteiger partial charge is 0.476 e. The number of primary amides is 1. The van der Waals surface area contributed by atoms with Crippen molar-refractivity contribution in [2.24, 2.45) is 5.73 Å². The van der Waals surface area contributed by atoms with Gasteiger partial charge in [0.15, 0.2) is 10.8 Å². The highest BCUT2D eigenvalue weighted by Crippen LogP contribution is 2.14. The average Bonchev–Trinajstić information content (AvgIpc) is 2.34. The van der Waals surface area contributed by atoms with Crippen molar-refractivity contribution in [1.29, 1.82) is 0 Å². The molecule has 0 atom stereocenters. The molecule has 1 aromatic heterocycles. The van der Waals surface area contributed by atoms with Crippen LogP contribution in [0.1, 0.15) is 10.5 Å². The minimum Gasteiger partial charge on any atom is -0.476 e. The Balaban J connectivity index is 2.77. The van der Waals surface area contributed by atoms with Gasteiger partial charge in [-0.2, -0.15) is 0 Å². The van der Waals surface area contributed by atoms with Crippen molar-refractivity contribution in [3.05, 3.63) is 11.1 Å². The number of rotatable bonds is 2. The number of carbonyl (C=O) groups is 2. The maximum atomic E-state index is 10.3. The highest BCUT2D eigenvalue weighted by atomic mass is 32.1. The third-order valence-corrected chi connectivity index (χ3v) is 1.71. The number of nitrogens with zero attached hydrogens (tertiary/aromatic N) is 1. The second kappa shape index (κ2) is 3.18. The molecule has 0 spiro atoms. The lowest BCUT2D eigenvalue weighted by molar-refractivity contribution is 0.0691. The van der Waals surface area contributed by atoms with E-state index in [9.17, 15) is 9.59 Å². The zero-order valence-electron chi connectivity index (χ0n) is 5.77. The molecule has 0 saturated carbocycles. The number of thiazole rings is 1. The molecule has 0 bridgehead atoms. The Bertz CT molecular complexity index is 321. The van der Waals surface area contributed by atoms with Gasteiger partial charge in [0.05, 0.1) is 0 Å². The summed E-state index contributed by atoms with van der Waals surface area (Å²) in [6.07, 6.45) is 0. The first-order valence-corrected chi connectivity index (χ1v) is 3.73. The van der Waals surface area contributed by atoms with Gasteiger partial charge in [0, 0.05) is 5.38 Å². The smallest absolute Gasteiger partial charge is 0.355 e. The molecule has 0 aliphatic heterocycles. The summed E-state index contributed by atoms with van der Waals surface area (Å²) in [5.74, 6) is -1.14. The van der Waals surface area contributed by atoms with Crippen molar-refractivity contribution in [3.8, 4) is 0 Å². The van der Waals surface area contributed by atoms with Gasteiger partial charge in [-0.25, -0.2) is 14.6 Å². The van der Waals surface area contributed by atoms with Crippen LogP contribution in [0.15, 0.2) is 5.38 Å². The van der Waals surface area contributed by atoms with Gasteiger partial charge in [-0.05, 0) is 0 Å². The Labute approximate surface area is 71.0 Å². The van der Waals surface area contributed by atoms with Gasteiger partial charge in [-0.15, -0.1) is 11.3 Å². The Morgan fingerprint density at radius 2 is 2.33 bits per heavy atom. The van der Waals surface area contributed by atoms with E-state index in [4.69, 9.17) is 10.8 Å². The molecular formula is C5H5N3O3S. The van der Waals surface area contributed by atoms with Crippen LogP contribution in [0, 0.1) is 0 Å². The van der Waals surface area contributed by atoms with Crippen LogP contribution in [-0.4, -0.2) is 22.1 Å². The van der Waals surface area contributed by atoms with Crippen LogP contribution in [0.25, 0.3) is 0 Å². The summed E-state index contributed by atoms with van der Waals surface area (Å²) in [5.41, 5.74) is 4.67. The van der Waals surface area contributed by atoms with Crippen LogP contribution in [0.3, 0.4) is 0 Å². The maximum absolute atomic E-state index is 10.3. The number of hydrogen-bond donors (Lipinski definition) is 3. The normalized spacial score (nSPS) is 9.33. The predicted octanol–water partition coefficient (Wildman–Crippen LogP) is 0.332. The summed E-state index contributed by atoms with van der Waals surface area (Å²) in [6.45, 7) is 0. The fourth-order valence-electron chi connectivity index (χ4n) is 0.535. The van der Waals surface area contributed by atoms with Crippen LogP contribution in [-0.2, 0) is 0 Å². The van der Waals surface area contributed by atoms with Gasteiger partial charge < -0.3 is 10.8 Å². The summed E-state index contributed by atoms with van der Waals surface area (Å²) >= 11 is 1.00. The van der Waals surface area contributed by atoms with Crippen LogP contribution >= 0.6 is 11.3 Å². The molecule has 0 saturated heterocycles. The topological polar surface area (TPSA) is 105 Å². The van der Waals surface area contributed by atoms with Crippen molar-refractivity contribution in [2.45, 2.75) is 0 Å². The predicted molar refractivity (Wildman–Crippen MR) is 42.3 cm³/mol. The lowest BCUT2D eigenvalue weighted by atomic mass is 10.5. The summed E-state index contributed by atoms with van der Waals surface area (Å²) < 4.78 is 0. The van der Waals surface area contributed by atoms with Crippen molar-refractivity contribution < 1.29 is 14.7 Å². The van der Waals surface area contributed by atoms with E-state index in [1.165, 1.54) is 5.38 Å². The van der Waals surface area contributed by atoms with E-state index < -0.39 is 12.0 Å². The molecule has 0 aliphatic carbocycles. The molecule has 12 heavy (non-hydrogen) atoms. The van der Waals surface area contributed by atoms with E-state index >= 15 is 0 Å². The minimum absolute atomic E-state index is 0.108. The molecule has 4 N–H and O–H groups in total. The molecule has 6 nitrogen and oxygen atoms in total. The Hall–Kier alpha value is -1.63. The fraction of sp³-hybridized carbons (Fsp3) is 0. The molecule has 0 aromatic carbocycles. The Morgan fingerprint density at radius 1 is 1.67 bits per heavy atom. The van der Waals surface area contributed by atoms with Gasteiger partial charge in [-0.3, -0.25) is 5.32 Å². The highest BCUT2D eigenvalue weighted by Gasteiger charge is 2.08. The van der Waals surface area contributed by atoms with E-state index in [2.05, 4.69) is 10.3 Å². The van der Waals surface area contributed by atoms with Gasteiger partial charge in [0.1, 0.15) is 0 Å². The summed E-state index contributed by atoms with van der Waals surface area (Å²) in [4.78, 5) is 24.1. The van der Waals surface area contributed by atoms with Gasteiger partial charge >= 0.3 is 12.0 Å². The second-order valence-corrected chi connectivity index (χ2v) is 2.69. The number of nitrogens with one attached hydrogen (secondary N) is 1. The van der Waals surface area contributed by atoms with Gasteiger partial charge in [-0.1, -0.05) is 0 Å². The average molecular weight is 187 g/mol. The van der Waals surface area contributed by atoms with Crippen LogP contribution in [0.2, 0.25) is 0 Å². The highest BCUT2D eigenvalue weighted by molar-refractivity contribution is 7.14. The Morgan fingerprint density at radius 3 is 2.75 bits per heavy atom. The number of hydrogen-bond acceptors (Lipinski definition) is 4. The number of urea groups is 1. The lowest BCUT2D eigenvalue weighted by Gasteiger charge is -1.91. The summed E-state index contributed by atoms with van der Waals surface area (Å²) in [5, 5.41) is 12.1. The van der Waals surface area contributed by atoms with E-state index in [1.807, 2.05) is 0 Å². The molecule has 1 rings (SSSR count). The Kier molecular flexibility index (Phi) is 2.24. The van der Waals surface area contributed by atoms with Crippen LogP contribution in [0.5, 0.6) is 0 Å².